The molecule has 1 aromatic rings. The molecule has 1 heterocycles. The third-order valence-corrected chi connectivity index (χ3v) is 3.13. The van der Waals surface area contributed by atoms with Crippen molar-refractivity contribution >= 4 is 17.4 Å². The van der Waals surface area contributed by atoms with Crippen LogP contribution in [0.1, 0.15) is 17.3 Å². The van der Waals surface area contributed by atoms with Crippen LogP contribution in [0.25, 0.3) is 0 Å². The summed E-state index contributed by atoms with van der Waals surface area (Å²) in [4.78, 5) is 25.3. The number of hydrogen-bond donors (Lipinski definition) is 1. The lowest BCUT2D eigenvalue weighted by Crippen LogP contribution is -2.51. The van der Waals surface area contributed by atoms with Crippen molar-refractivity contribution in [2.75, 3.05) is 31.6 Å². The van der Waals surface area contributed by atoms with Gasteiger partial charge < -0.3 is 15.0 Å². The first-order valence-electron chi connectivity index (χ1n) is 6.32. The molecule has 0 bridgehead atoms. The van der Waals surface area contributed by atoms with Crippen molar-refractivity contribution in [1.82, 2.24) is 5.32 Å². The average molecular weight is 262 g/mol. The van der Waals surface area contributed by atoms with E-state index < -0.39 is 6.10 Å². The second-order valence-corrected chi connectivity index (χ2v) is 4.51. The van der Waals surface area contributed by atoms with E-state index in [1.807, 2.05) is 6.07 Å². The van der Waals surface area contributed by atoms with Gasteiger partial charge in [-0.05, 0) is 26.1 Å². The van der Waals surface area contributed by atoms with Gasteiger partial charge in [-0.15, -0.1) is 0 Å². The van der Waals surface area contributed by atoms with E-state index in [0.29, 0.717) is 25.3 Å². The molecule has 0 spiro atoms. The normalized spacial score (nSPS) is 19.6. The van der Waals surface area contributed by atoms with Crippen LogP contribution in [0.15, 0.2) is 24.3 Å². The zero-order valence-corrected chi connectivity index (χ0v) is 11.2. The predicted molar refractivity (Wildman–Crippen MR) is 72.5 cm³/mol. The number of carbonyl (C=O) groups excluding carboxylic acids is 2. The number of hydrogen-bond acceptors (Lipinski definition) is 4. The fourth-order valence-electron chi connectivity index (χ4n) is 2.12. The first kappa shape index (κ1) is 13.7. The maximum absolute atomic E-state index is 12.3. The van der Waals surface area contributed by atoms with E-state index in [0.717, 1.165) is 5.69 Å². The molecule has 5 nitrogen and oxygen atoms in total. The summed E-state index contributed by atoms with van der Waals surface area (Å²) in [5.41, 5.74) is 1.36. The number of anilines is 1. The van der Waals surface area contributed by atoms with Gasteiger partial charge in [-0.1, -0.05) is 12.1 Å². The lowest BCUT2D eigenvalue weighted by Gasteiger charge is -2.32. The van der Waals surface area contributed by atoms with Gasteiger partial charge in [0.2, 0.25) is 0 Å². The first-order valence-corrected chi connectivity index (χ1v) is 6.32. The number of rotatable bonds is 4. The van der Waals surface area contributed by atoms with Gasteiger partial charge in [0.05, 0.1) is 6.61 Å². The number of benzene rings is 1. The molecule has 1 aliphatic heterocycles. The molecular weight excluding hydrogens is 244 g/mol. The smallest absolute Gasteiger partial charge is 0.257 e. The summed E-state index contributed by atoms with van der Waals surface area (Å²) in [6.45, 7) is 3.02. The zero-order valence-electron chi connectivity index (χ0n) is 11.2. The number of morpholine rings is 1. The number of nitrogens with one attached hydrogen (secondary N) is 1. The minimum atomic E-state index is -0.459. The van der Waals surface area contributed by atoms with Gasteiger partial charge >= 0.3 is 0 Å². The molecular formula is C14H18N2O3. The monoisotopic (exact) mass is 262 g/mol. The third-order valence-electron chi connectivity index (χ3n) is 3.13. The minimum Gasteiger partial charge on any atom is -0.365 e. The van der Waals surface area contributed by atoms with E-state index in [2.05, 4.69) is 5.32 Å². The van der Waals surface area contributed by atoms with Crippen LogP contribution >= 0.6 is 0 Å². The highest BCUT2D eigenvalue weighted by molar-refractivity contribution is 6.00. The summed E-state index contributed by atoms with van der Waals surface area (Å²) in [5.74, 6) is -0.0735. The number of ether oxygens (including phenoxy) is 1. The maximum Gasteiger partial charge on any atom is 0.257 e. The fourth-order valence-corrected chi connectivity index (χ4v) is 2.12. The van der Waals surface area contributed by atoms with Crippen molar-refractivity contribution in [3.8, 4) is 0 Å². The third kappa shape index (κ3) is 3.00. The summed E-state index contributed by atoms with van der Waals surface area (Å²) >= 11 is 0. The Kier molecular flexibility index (Phi) is 4.29. The number of likely N-dealkylation sites (N-methyl/N-ethyl adjacent to an activating group) is 1. The standard InChI is InChI=1S/C14H18N2O3/c1-10(17)11-4-3-5-12(8-11)16-6-7-19-13(9-15-2)14(16)18/h3-5,8,13,15H,6-7,9H2,1-2H3. The summed E-state index contributed by atoms with van der Waals surface area (Å²) in [7, 11) is 1.78. The van der Waals surface area contributed by atoms with Crippen molar-refractivity contribution < 1.29 is 14.3 Å². The predicted octanol–water partition coefficient (Wildman–Crippen LogP) is 0.840. The van der Waals surface area contributed by atoms with Crippen LogP contribution in [0.2, 0.25) is 0 Å². The van der Waals surface area contributed by atoms with E-state index >= 15 is 0 Å². The van der Waals surface area contributed by atoms with Gasteiger partial charge in [0.25, 0.3) is 5.91 Å². The topological polar surface area (TPSA) is 58.6 Å². The van der Waals surface area contributed by atoms with Crippen LogP contribution in [-0.4, -0.2) is 44.5 Å². The number of carbonyl (C=O) groups is 2. The molecule has 5 heteroatoms. The summed E-state index contributed by atoms with van der Waals surface area (Å²) in [5, 5.41) is 2.94. The van der Waals surface area contributed by atoms with Gasteiger partial charge in [-0.2, -0.15) is 0 Å². The van der Waals surface area contributed by atoms with Crippen molar-refractivity contribution in [3.63, 3.8) is 0 Å². The van der Waals surface area contributed by atoms with Crippen LogP contribution in [-0.2, 0) is 9.53 Å². The summed E-state index contributed by atoms with van der Waals surface area (Å²) in [6, 6.07) is 7.14. The highest BCUT2D eigenvalue weighted by atomic mass is 16.5. The van der Waals surface area contributed by atoms with Crippen molar-refractivity contribution in [2.24, 2.45) is 0 Å². The minimum absolute atomic E-state index is 0.00525. The van der Waals surface area contributed by atoms with Crippen LogP contribution in [0, 0.1) is 0 Å². The van der Waals surface area contributed by atoms with E-state index in [4.69, 9.17) is 4.74 Å². The summed E-state index contributed by atoms with van der Waals surface area (Å²) < 4.78 is 5.44. The molecule has 0 radical (unpaired) electrons. The second-order valence-electron chi connectivity index (χ2n) is 4.51. The molecule has 102 valence electrons. The second kappa shape index (κ2) is 5.95. The molecule has 19 heavy (non-hydrogen) atoms. The Hall–Kier alpha value is -1.72. The van der Waals surface area contributed by atoms with Gasteiger partial charge in [0.15, 0.2) is 5.78 Å². The fraction of sp³-hybridized carbons (Fsp3) is 0.429. The molecule has 1 fully saturated rings. The van der Waals surface area contributed by atoms with E-state index in [1.54, 1.807) is 30.1 Å². The van der Waals surface area contributed by atoms with Gasteiger partial charge in [-0.25, -0.2) is 0 Å². The Morgan fingerprint density at radius 2 is 2.32 bits per heavy atom. The Balaban J connectivity index is 2.23. The van der Waals surface area contributed by atoms with Crippen molar-refractivity contribution in [2.45, 2.75) is 13.0 Å². The average Bonchev–Trinajstić information content (AvgIpc) is 2.41. The molecule has 1 amide bonds. The van der Waals surface area contributed by atoms with Gasteiger partial charge in [-0.3, -0.25) is 9.59 Å². The van der Waals surface area contributed by atoms with Crippen molar-refractivity contribution in [1.29, 1.82) is 0 Å². The number of nitrogens with zero attached hydrogens (tertiary/aromatic N) is 1. The lowest BCUT2D eigenvalue weighted by molar-refractivity contribution is -0.133. The van der Waals surface area contributed by atoms with Gasteiger partial charge in [0.1, 0.15) is 6.10 Å². The molecule has 0 aromatic heterocycles. The van der Waals surface area contributed by atoms with Gasteiger partial charge in [0, 0.05) is 24.3 Å². The molecule has 1 unspecified atom stereocenters. The summed E-state index contributed by atoms with van der Waals surface area (Å²) in [6.07, 6.45) is -0.459. The highest BCUT2D eigenvalue weighted by Crippen LogP contribution is 2.20. The SMILES string of the molecule is CNCC1OCCN(c2cccc(C(C)=O)c2)C1=O. The van der Waals surface area contributed by atoms with Crippen LogP contribution in [0.3, 0.4) is 0 Å². The molecule has 2 rings (SSSR count). The maximum atomic E-state index is 12.3. The van der Waals surface area contributed by atoms with E-state index in [1.165, 1.54) is 6.92 Å². The molecule has 1 N–H and O–H groups in total. The molecule has 1 aromatic carbocycles. The van der Waals surface area contributed by atoms with E-state index in [9.17, 15) is 9.59 Å². The molecule has 1 saturated heterocycles. The van der Waals surface area contributed by atoms with Crippen molar-refractivity contribution in [3.05, 3.63) is 29.8 Å². The van der Waals surface area contributed by atoms with Crippen LogP contribution < -0.4 is 10.2 Å². The largest absolute Gasteiger partial charge is 0.365 e. The first-order chi connectivity index (χ1) is 9.13. The Morgan fingerprint density at radius 3 is 3.00 bits per heavy atom. The number of amides is 1. The Labute approximate surface area is 112 Å². The molecule has 0 aliphatic carbocycles. The Bertz CT molecular complexity index is 485. The van der Waals surface area contributed by atoms with Crippen LogP contribution in [0.4, 0.5) is 5.69 Å². The highest BCUT2D eigenvalue weighted by Gasteiger charge is 2.30. The molecule has 1 aliphatic rings. The lowest BCUT2D eigenvalue weighted by atomic mass is 10.1. The Morgan fingerprint density at radius 1 is 1.53 bits per heavy atom. The number of ketones is 1. The molecule has 0 saturated carbocycles. The quantitative estimate of drug-likeness (QED) is 0.817. The molecule has 1 atom stereocenters. The van der Waals surface area contributed by atoms with Crippen LogP contribution in [0.5, 0.6) is 0 Å². The number of Topliss-reactive ketones (excluding diaryl/α,β-unsaturated/α-hetero) is 1. The van der Waals surface area contributed by atoms with E-state index in [-0.39, 0.29) is 11.7 Å². The zero-order chi connectivity index (χ0) is 13.8.